The van der Waals surface area contributed by atoms with E-state index in [1.165, 1.54) is 20.2 Å². The highest BCUT2D eigenvalue weighted by Gasteiger charge is 2.22. The molecule has 0 radical (unpaired) electrons. The molecule has 0 saturated carbocycles. The average molecular weight is 481 g/mol. The number of esters is 1. The second kappa shape index (κ2) is 9.01. The number of hydrogen-bond acceptors (Lipinski definition) is 8. The van der Waals surface area contributed by atoms with E-state index in [9.17, 15) is 19.2 Å². The van der Waals surface area contributed by atoms with Crippen molar-refractivity contribution < 1.29 is 19.1 Å². The van der Waals surface area contributed by atoms with Gasteiger partial charge in [-0.15, -0.1) is 0 Å². The van der Waals surface area contributed by atoms with Crippen LogP contribution in [-0.4, -0.2) is 39.1 Å². The third-order valence-electron chi connectivity index (χ3n) is 4.66. The Morgan fingerprint density at radius 2 is 1.78 bits per heavy atom. The molecule has 10 nitrogen and oxygen atoms in total. The van der Waals surface area contributed by atoms with Gasteiger partial charge in [-0.25, -0.2) is 14.6 Å². The van der Waals surface area contributed by atoms with E-state index in [1.54, 1.807) is 19.1 Å². The van der Waals surface area contributed by atoms with Gasteiger partial charge in [-0.1, -0.05) is 23.2 Å². The highest BCUT2D eigenvalue weighted by Crippen LogP contribution is 2.37. The van der Waals surface area contributed by atoms with Crippen LogP contribution in [0.1, 0.15) is 16.1 Å². The summed E-state index contributed by atoms with van der Waals surface area (Å²) in [7, 11) is 2.51. The number of halogens is 2. The topological polar surface area (TPSA) is 136 Å². The minimum Gasteiger partial charge on any atom is -0.478 e. The molecule has 12 heteroatoms. The van der Waals surface area contributed by atoms with Crippen LogP contribution in [-0.2, 0) is 23.6 Å². The zero-order valence-electron chi connectivity index (χ0n) is 17.3. The molecule has 2 heterocycles. The zero-order chi connectivity index (χ0) is 23.7. The van der Waals surface area contributed by atoms with Crippen LogP contribution in [0.3, 0.4) is 0 Å². The number of nitrogens with zero attached hydrogens (tertiary/aromatic N) is 3. The van der Waals surface area contributed by atoms with Gasteiger partial charge in [0, 0.05) is 25.2 Å². The maximum Gasteiger partial charge on any atom is 0.344 e. The molecule has 168 valence electrons. The van der Waals surface area contributed by atoms with E-state index in [4.69, 9.17) is 38.4 Å². The largest absolute Gasteiger partial charge is 0.478 e. The van der Waals surface area contributed by atoms with Gasteiger partial charge in [0.15, 0.2) is 19.0 Å². The number of nitrogen functional groups attached to an aromatic ring is 1. The molecule has 2 aromatic heterocycles. The highest BCUT2D eigenvalue weighted by molar-refractivity contribution is 6.39. The van der Waals surface area contributed by atoms with Crippen molar-refractivity contribution in [3.63, 3.8) is 0 Å². The van der Waals surface area contributed by atoms with Gasteiger partial charge in [0.2, 0.25) is 5.78 Å². The molecular formula is C20H18Cl2N4O6. The first-order valence-corrected chi connectivity index (χ1v) is 9.91. The number of pyridine rings is 1. The summed E-state index contributed by atoms with van der Waals surface area (Å²) in [5, 5.41) is 1.10. The number of rotatable bonds is 6. The predicted octanol–water partition coefficient (Wildman–Crippen LogP) is 1.63. The van der Waals surface area contributed by atoms with Crippen molar-refractivity contribution in [1.82, 2.24) is 14.1 Å². The predicted molar refractivity (Wildman–Crippen MR) is 119 cm³/mol. The summed E-state index contributed by atoms with van der Waals surface area (Å²) in [6, 6.07) is 4.98. The van der Waals surface area contributed by atoms with E-state index in [0.717, 1.165) is 9.13 Å². The first-order valence-electron chi connectivity index (χ1n) is 9.15. The Bertz CT molecular complexity index is 1380. The van der Waals surface area contributed by atoms with E-state index in [1.807, 2.05) is 0 Å². The molecular weight excluding hydrogens is 463 g/mol. The summed E-state index contributed by atoms with van der Waals surface area (Å²) in [6.07, 6.45) is 0. The van der Waals surface area contributed by atoms with Gasteiger partial charge >= 0.3 is 11.7 Å². The van der Waals surface area contributed by atoms with Crippen molar-refractivity contribution in [3.05, 3.63) is 60.3 Å². The standard InChI is InChI=1S/C20H18Cl2N4O6/c1-9-4-5-10-11(21)6-12(22)17(16(10)24-9)32-8-14(28)31-7-13(27)15-18(23)25(2)20(30)26(3)19(15)29/h4-6H,7-8,23H2,1-3H3. The number of aromatic nitrogens is 3. The lowest BCUT2D eigenvalue weighted by atomic mass is 10.2. The third kappa shape index (κ3) is 4.32. The molecule has 0 spiro atoms. The van der Waals surface area contributed by atoms with Gasteiger partial charge in [-0.2, -0.15) is 0 Å². The molecule has 3 aromatic rings. The van der Waals surface area contributed by atoms with Crippen LogP contribution in [0.5, 0.6) is 5.75 Å². The Labute approximate surface area is 191 Å². The Balaban J connectivity index is 1.74. The molecule has 1 aromatic carbocycles. The summed E-state index contributed by atoms with van der Waals surface area (Å²) in [4.78, 5) is 53.0. The molecule has 2 N–H and O–H groups in total. The van der Waals surface area contributed by atoms with Gasteiger partial charge in [-0.3, -0.25) is 18.7 Å². The fourth-order valence-electron chi connectivity index (χ4n) is 2.94. The van der Waals surface area contributed by atoms with Crippen LogP contribution in [0.2, 0.25) is 10.0 Å². The minimum absolute atomic E-state index is 0.134. The summed E-state index contributed by atoms with van der Waals surface area (Å²) in [5.74, 6) is -1.95. The molecule has 0 amide bonds. The van der Waals surface area contributed by atoms with Crippen LogP contribution in [0, 0.1) is 6.92 Å². The average Bonchev–Trinajstić information content (AvgIpc) is 2.74. The second-order valence-corrected chi connectivity index (χ2v) is 7.67. The lowest BCUT2D eigenvalue weighted by molar-refractivity contribution is -0.144. The van der Waals surface area contributed by atoms with E-state index in [2.05, 4.69) is 4.98 Å². The van der Waals surface area contributed by atoms with Crippen LogP contribution < -0.4 is 21.7 Å². The quantitative estimate of drug-likeness (QED) is 0.415. The normalized spacial score (nSPS) is 10.9. The molecule has 0 aliphatic heterocycles. The first-order chi connectivity index (χ1) is 15.0. The number of anilines is 1. The van der Waals surface area contributed by atoms with E-state index in [-0.39, 0.29) is 16.6 Å². The summed E-state index contributed by atoms with van der Waals surface area (Å²) in [5.41, 5.74) is 4.75. The number of carbonyl (C=O) groups excluding carboxylic acids is 2. The van der Waals surface area contributed by atoms with E-state index < -0.39 is 41.8 Å². The molecule has 0 aliphatic carbocycles. The number of aryl methyl sites for hydroxylation is 1. The molecule has 0 bridgehead atoms. The van der Waals surface area contributed by atoms with Crippen LogP contribution in [0.15, 0.2) is 27.8 Å². The lowest BCUT2D eigenvalue weighted by Gasteiger charge is -2.13. The van der Waals surface area contributed by atoms with E-state index in [0.29, 0.717) is 21.6 Å². The molecule has 0 fully saturated rings. The van der Waals surface area contributed by atoms with Gasteiger partial charge in [0.25, 0.3) is 5.56 Å². The first kappa shape index (κ1) is 23.3. The van der Waals surface area contributed by atoms with Crippen molar-refractivity contribution in [2.45, 2.75) is 6.92 Å². The SMILES string of the molecule is Cc1ccc2c(Cl)cc(Cl)c(OCC(=O)OCC(=O)c3c(N)n(C)c(=O)n(C)c3=O)c2n1. The minimum atomic E-state index is -0.898. The number of carbonyl (C=O) groups is 2. The Kier molecular flexibility index (Phi) is 6.56. The second-order valence-electron chi connectivity index (χ2n) is 6.86. The van der Waals surface area contributed by atoms with E-state index >= 15 is 0 Å². The fourth-order valence-corrected chi connectivity index (χ4v) is 3.51. The third-order valence-corrected chi connectivity index (χ3v) is 5.26. The number of hydrogen-bond donors (Lipinski definition) is 1. The Hall–Kier alpha value is -3.37. The monoisotopic (exact) mass is 480 g/mol. The van der Waals surface area contributed by atoms with Gasteiger partial charge in [-0.05, 0) is 25.1 Å². The number of benzene rings is 1. The number of Topliss-reactive ketones (excluding diaryl/α,β-unsaturated/α-hetero) is 1. The maximum atomic E-state index is 12.4. The van der Waals surface area contributed by atoms with Crippen LogP contribution in [0.4, 0.5) is 5.82 Å². The van der Waals surface area contributed by atoms with Gasteiger partial charge < -0.3 is 15.2 Å². The van der Waals surface area contributed by atoms with Crippen molar-refractivity contribution in [2.24, 2.45) is 14.1 Å². The van der Waals surface area contributed by atoms with Crippen molar-refractivity contribution in [1.29, 1.82) is 0 Å². The summed E-state index contributed by atoms with van der Waals surface area (Å²) >= 11 is 12.4. The van der Waals surface area contributed by atoms with Crippen molar-refractivity contribution in [3.8, 4) is 5.75 Å². The molecule has 3 rings (SSSR count). The fraction of sp³-hybridized carbons (Fsp3) is 0.250. The summed E-state index contributed by atoms with van der Waals surface area (Å²) in [6.45, 7) is 0.416. The van der Waals surface area contributed by atoms with Gasteiger partial charge in [0.1, 0.15) is 16.9 Å². The smallest absolute Gasteiger partial charge is 0.344 e. The highest BCUT2D eigenvalue weighted by atomic mass is 35.5. The van der Waals surface area contributed by atoms with Gasteiger partial charge in [0.05, 0.1) is 10.0 Å². The number of nitrogens with two attached hydrogens (primary N) is 1. The van der Waals surface area contributed by atoms with Crippen molar-refractivity contribution in [2.75, 3.05) is 18.9 Å². The number of ether oxygens (including phenoxy) is 2. The molecule has 0 aliphatic rings. The molecule has 0 saturated heterocycles. The summed E-state index contributed by atoms with van der Waals surface area (Å²) < 4.78 is 12.1. The number of ketones is 1. The Morgan fingerprint density at radius 1 is 1.09 bits per heavy atom. The lowest BCUT2D eigenvalue weighted by Crippen LogP contribution is -2.42. The molecule has 0 atom stereocenters. The maximum absolute atomic E-state index is 12.4. The van der Waals surface area contributed by atoms with Crippen LogP contribution in [0.25, 0.3) is 10.9 Å². The Morgan fingerprint density at radius 3 is 2.47 bits per heavy atom. The molecule has 0 unspecified atom stereocenters. The zero-order valence-corrected chi connectivity index (χ0v) is 18.8. The number of fused-ring (bicyclic) bond motifs is 1. The van der Waals surface area contributed by atoms with Crippen molar-refractivity contribution >= 4 is 51.7 Å². The molecule has 32 heavy (non-hydrogen) atoms. The van der Waals surface area contributed by atoms with Crippen LogP contribution >= 0.6 is 23.2 Å².